The van der Waals surface area contributed by atoms with Gasteiger partial charge < -0.3 is 33.3 Å². The molecule has 0 aliphatic carbocycles. The highest BCUT2D eigenvalue weighted by Crippen LogP contribution is 2.49. The number of ether oxygens (including phenoxy) is 4. The minimum atomic E-state index is -3.37. The molecule has 40 heavy (non-hydrogen) atoms. The van der Waals surface area contributed by atoms with E-state index in [1.165, 1.54) is 0 Å². The molecule has 4 heterocycles. The molecule has 12 nitrogen and oxygen atoms in total. The van der Waals surface area contributed by atoms with Crippen LogP contribution >= 0.6 is 19.2 Å². The van der Waals surface area contributed by atoms with Crippen LogP contribution in [0, 0.1) is 0 Å². The van der Waals surface area contributed by atoms with Gasteiger partial charge in [0.2, 0.25) is 5.28 Å². The lowest BCUT2D eigenvalue weighted by molar-refractivity contribution is -0.201. The lowest BCUT2D eigenvalue weighted by Crippen LogP contribution is -2.33. The number of nitrogens with one attached hydrogen (secondary N) is 1. The zero-order chi connectivity index (χ0) is 28.5. The Kier molecular flexibility index (Phi) is 8.80. The normalized spacial score (nSPS) is 24.9. The monoisotopic (exact) mass is 595 g/mol. The Balaban J connectivity index is 1.38. The molecule has 2 saturated heterocycles. The molecule has 1 aromatic carbocycles. The van der Waals surface area contributed by atoms with Crippen molar-refractivity contribution < 1.29 is 32.6 Å². The maximum atomic E-state index is 12.8. The molecule has 0 saturated carbocycles. The summed E-state index contributed by atoms with van der Waals surface area (Å²) >= 11 is 6.37. The summed E-state index contributed by atoms with van der Waals surface area (Å²) in [4.78, 5) is 13.5. The Morgan fingerprint density at radius 1 is 1.12 bits per heavy atom. The first-order chi connectivity index (χ1) is 19.1. The lowest BCUT2D eigenvalue weighted by atomic mass is 10.1. The van der Waals surface area contributed by atoms with Gasteiger partial charge in [0.15, 0.2) is 29.0 Å². The summed E-state index contributed by atoms with van der Waals surface area (Å²) in [5.74, 6) is -0.339. The van der Waals surface area contributed by atoms with Crippen LogP contribution in [0.4, 0.5) is 5.82 Å². The fraction of sp³-hybridized carbons (Fsp3) is 0.577. The summed E-state index contributed by atoms with van der Waals surface area (Å²) in [6.45, 7) is 9.81. The van der Waals surface area contributed by atoms with Gasteiger partial charge in [-0.3, -0.25) is 9.13 Å². The first-order valence-corrected chi connectivity index (χ1v) is 15.4. The number of hydrogen-bond donors (Lipinski definition) is 1. The van der Waals surface area contributed by atoms with Gasteiger partial charge in [-0.2, -0.15) is 9.97 Å². The van der Waals surface area contributed by atoms with Crippen molar-refractivity contribution in [3.05, 3.63) is 47.5 Å². The molecule has 0 radical (unpaired) electrons. The van der Waals surface area contributed by atoms with Crippen LogP contribution in [0.1, 0.15) is 52.5 Å². The molecule has 5 atom stereocenters. The van der Waals surface area contributed by atoms with Crippen LogP contribution in [-0.4, -0.2) is 69.8 Å². The Labute approximate surface area is 238 Å². The standard InChI is InChI=1S/C26H35ClN5O7P/c1-6-35-40(33,36-7-2)15-34-13-18-20-21(39-26(4,5)38-20)24(37-18)32-14-28-19-22(30-25(27)31-23(19)32)29-16(3)17-11-9-8-10-12-17/h8-12,14,16,18,20-21,24H,6-7,13,15H2,1-5H3,(H,29,30,31)/t16-,18+,20+,21+,24+/m0/s1. The van der Waals surface area contributed by atoms with Crippen LogP contribution in [0.25, 0.3) is 11.2 Å². The number of halogens is 1. The molecule has 2 fully saturated rings. The van der Waals surface area contributed by atoms with E-state index in [9.17, 15) is 4.57 Å². The van der Waals surface area contributed by atoms with E-state index >= 15 is 0 Å². The minimum absolute atomic E-state index is 0.0501. The Hall–Kier alpha value is -2.15. The molecular formula is C26H35ClN5O7P. The third-order valence-corrected chi connectivity index (χ3v) is 8.60. The molecule has 5 rings (SSSR count). The summed E-state index contributed by atoms with van der Waals surface area (Å²) in [5, 5.41) is 3.47. The Morgan fingerprint density at radius 3 is 2.52 bits per heavy atom. The second kappa shape index (κ2) is 12.0. The van der Waals surface area contributed by atoms with Crippen molar-refractivity contribution in [2.45, 2.75) is 71.0 Å². The van der Waals surface area contributed by atoms with Gasteiger partial charge in [-0.15, -0.1) is 0 Å². The van der Waals surface area contributed by atoms with Gasteiger partial charge in [-0.05, 0) is 51.8 Å². The predicted octanol–water partition coefficient (Wildman–Crippen LogP) is 5.31. The van der Waals surface area contributed by atoms with Gasteiger partial charge in [0, 0.05) is 0 Å². The summed E-state index contributed by atoms with van der Waals surface area (Å²) in [5.41, 5.74) is 2.12. The number of benzene rings is 1. The van der Waals surface area contributed by atoms with Crippen molar-refractivity contribution in [1.82, 2.24) is 19.5 Å². The smallest absolute Gasteiger partial charge is 0.356 e. The number of hydrogen-bond acceptors (Lipinski definition) is 11. The summed E-state index contributed by atoms with van der Waals surface area (Å²) < 4.78 is 49.9. The van der Waals surface area contributed by atoms with E-state index in [2.05, 4.69) is 20.3 Å². The van der Waals surface area contributed by atoms with Crippen LogP contribution in [0.5, 0.6) is 0 Å². The summed E-state index contributed by atoms with van der Waals surface area (Å²) in [6.07, 6.45) is -0.678. The van der Waals surface area contributed by atoms with Crippen LogP contribution in [0.3, 0.4) is 0 Å². The minimum Gasteiger partial charge on any atom is -0.366 e. The number of fused-ring (bicyclic) bond motifs is 2. The molecule has 0 spiro atoms. The van der Waals surface area contributed by atoms with Crippen LogP contribution in [0.15, 0.2) is 36.7 Å². The van der Waals surface area contributed by atoms with Crippen molar-refractivity contribution in [2.24, 2.45) is 0 Å². The zero-order valence-corrected chi connectivity index (χ0v) is 24.8. The van der Waals surface area contributed by atoms with Gasteiger partial charge in [-0.1, -0.05) is 30.3 Å². The molecule has 2 aromatic heterocycles. The topological polar surface area (TPSA) is 128 Å². The molecule has 2 aliphatic rings. The fourth-order valence-electron chi connectivity index (χ4n) is 5.01. The summed E-state index contributed by atoms with van der Waals surface area (Å²) in [6, 6.07) is 9.95. The molecule has 218 valence electrons. The largest absolute Gasteiger partial charge is 0.366 e. The lowest BCUT2D eigenvalue weighted by Gasteiger charge is -2.25. The third-order valence-electron chi connectivity index (χ3n) is 6.63. The second-order valence-electron chi connectivity index (χ2n) is 10.0. The van der Waals surface area contributed by atoms with Crippen LogP contribution in [-0.2, 0) is 32.6 Å². The van der Waals surface area contributed by atoms with E-state index in [1.54, 1.807) is 24.7 Å². The SMILES string of the molecule is CCOP(=O)(COC[C@H]1O[C@@H](n2cnc3c(N[C@@H](C)c4ccccc4)nc(Cl)nc32)[C@@H]2OC(C)(C)O[C@@H]21)OCC. The number of anilines is 1. The quantitative estimate of drug-likeness (QED) is 0.216. The highest BCUT2D eigenvalue weighted by atomic mass is 35.5. The first kappa shape index (κ1) is 29.3. The van der Waals surface area contributed by atoms with Crippen LogP contribution in [0.2, 0.25) is 5.28 Å². The molecule has 1 N–H and O–H groups in total. The maximum Gasteiger partial charge on any atom is 0.356 e. The van der Waals surface area contributed by atoms with Crippen molar-refractivity contribution >= 4 is 36.2 Å². The molecule has 0 unspecified atom stereocenters. The summed E-state index contributed by atoms with van der Waals surface area (Å²) in [7, 11) is -3.37. The molecule has 14 heteroatoms. The van der Waals surface area contributed by atoms with Gasteiger partial charge in [0.25, 0.3) is 0 Å². The average molecular weight is 596 g/mol. The van der Waals surface area contributed by atoms with Gasteiger partial charge in [0.1, 0.15) is 24.7 Å². The highest BCUT2D eigenvalue weighted by Gasteiger charge is 2.56. The highest BCUT2D eigenvalue weighted by molar-refractivity contribution is 7.53. The fourth-order valence-corrected chi connectivity index (χ4v) is 6.51. The van der Waals surface area contributed by atoms with E-state index < -0.39 is 37.9 Å². The van der Waals surface area contributed by atoms with Gasteiger partial charge in [-0.25, -0.2) is 4.98 Å². The third kappa shape index (κ3) is 6.19. The average Bonchev–Trinajstić information content (AvgIpc) is 3.56. The van der Waals surface area contributed by atoms with Gasteiger partial charge >= 0.3 is 7.60 Å². The van der Waals surface area contributed by atoms with Crippen molar-refractivity contribution in [1.29, 1.82) is 0 Å². The van der Waals surface area contributed by atoms with Crippen molar-refractivity contribution in [3.8, 4) is 0 Å². The molecule has 0 amide bonds. The molecule has 3 aromatic rings. The van der Waals surface area contributed by atoms with E-state index in [4.69, 9.17) is 39.6 Å². The number of aromatic nitrogens is 4. The maximum absolute atomic E-state index is 12.8. The Morgan fingerprint density at radius 2 is 1.82 bits per heavy atom. The van der Waals surface area contributed by atoms with Crippen molar-refractivity contribution in [3.63, 3.8) is 0 Å². The van der Waals surface area contributed by atoms with Crippen molar-refractivity contribution in [2.75, 3.05) is 31.5 Å². The Bertz CT molecular complexity index is 1350. The number of imidazole rings is 1. The molecular weight excluding hydrogens is 561 g/mol. The predicted molar refractivity (Wildman–Crippen MR) is 148 cm³/mol. The number of nitrogens with zero attached hydrogens (tertiary/aromatic N) is 4. The zero-order valence-electron chi connectivity index (χ0n) is 23.2. The second-order valence-corrected chi connectivity index (χ2v) is 12.4. The molecule has 0 bridgehead atoms. The van der Waals surface area contributed by atoms with E-state index in [0.717, 1.165) is 5.56 Å². The van der Waals surface area contributed by atoms with E-state index in [0.29, 0.717) is 17.0 Å². The van der Waals surface area contributed by atoms with Crippen LogP contribution < -0.4 is 5.32 Å². The number of rotatable bonds is 12. The molecule has 2 aliphatic heterocycles. The van der Waals surface area contributed by atoms with E-state index in [1.807, 2.05) is 51.1 Å². The first-order valence-electron chi connectivity index (χ1n) is 13.3. The van der Waals surface area contributed by atoms with Gasteiger partial charge in [0.05, 0.1) is 32.2 Å². The van der Waals surface area contributed by atoms with E-state index in [-0.39, 0.29) is 37.5 Å².